The number of anilines is 3. The van der Waals surface area contributed by atoms with E-state index in [1.807, 2.05) is 30.3 Å². The van der Waals surface area contributed by atoms with Crippen molar-refractivity contribution < 1.29 is 13.6 Å². The second kappa shape index (κ2) is 8.22. The van der Waals surface area contributed by atoms with E-state index in [-0.39, 0.29) is 18.1 Å². The van der Waals surface area contributed by atoms with Gasteiger partial charge < -0.3 is 5.73 Å². The molecule has 5 rings (SSSR count). The third-order valence-corrected chi connectivity index (χ3v) is 6.40. The second-order valence-electron chi connectivity index (χ2n) is 8.59. The van der Waals surface area contributed by atoms with Crippen molar-refractivity contribution in [3.05, 3.63) is 107 Å². The van der Waals surface area contributed by atoms with E-state index in [0.717, 1.165) is 22.8 Å². The fraction of sp³-hybridized carbons (Fsp3) is 0.111. The third-order valence-electron chi connectivity index (χ3n) is 6.15. The molecule has 1 amide bonds. The van der Waals surface area contributed by atoms with Gasteiger partial charge in [-0.05, 0) is 84.1 Å². The molecule has 1 atom stereocenters. The molecule has 0 aliphatic carbocycles. The van der Waals surface area contributed by atoms with Crippen molar-refractivity contribution in [1.29, 1.82) is 0 Å². The van der Waals surface area contributed by atoms with Gasteiger partial charge in [-0.2, -0.15) is 0 Å². The van der Waals surface area contributed by atoms with E-state index in [4.69, 9.17) is 17.3 Å². The number of fused-ring (bicyclic) bond motifs is 1. The number of amides is 1. The van der Waals surface area contributed by atoms with Gasteiger partial charge in [0.2, 0.25) is 5.91 Å². The van der Waals surface area contributed by atoms with Crippen LogP contribution in [0, 0.1) is 11.6 Å². The lowest BCUT2D eigenvalue weighted by Gasteiger charge is -2.24. The molecule has 1 aromatic heterocycles. The Hall–Kier alpha value is -3.77. The lowest BCUT2D eigenvalue weighted by Crippen LogP contribution is -2.38. The number of halogens is 3. The Bertz CT molecular complexity index is 1400. The number of nitrogens with two attached hydrogens (primary N) is 1. The zero-order chi connectivity index (χ0) is 24.0. The summed E-state index contributed by atoms with van der Waals surface area (Å²) in [5, 5.41) is 0.622. The Balaban J connectivity index is 1.68. The first kappa shape index (κ1) is 22.0. The maximum absolute atomic E-state index is 14.0. The Morgan fingerprint density at radius 3 is 2.29 bits per heavy atom. The number of hydrogen-bond donors (Lipinski definition) is 1. The summed E-state index contributed by atoms with van der Waals surface area (Å²) in [7, 11) is 0. The van der Waals surface area contributed by atoms with Gasteiger partial charge in [0.25, 0.3) is 0 Å². The number of carbonyl (C=O) groups is 1. The highest BCUT2D eigenvalue weighted by molar-refractivity contribution is 6.30. The second-order valence-corrected chi connectivity index (χ2v) is 9.02. The number of hydrogen-bond acceptors (Lipinski definition) is 3. The Morgan fingerprint density at radius 1 is 0.941 bits per heavy atom. The summed E-state index contributed by atoms with van der Waals surface area (Å²) in [4.78, 5) is 19.8. The maximum Gasteiger partial charge on any atom is 0.243 e. The van der Waals surface area contributed by atoms with E-state index in [2.05, 4.69) is 4.98 Å². The van der Waals surface area contributed by atoms with Crippen LogP contribution in [0.3, 0.4) is 0 Å². The minimum Gasteiger partial charge on any atom is -0.384 e. The van der Waals surface area contributed by atoms with Crippen molar-refractivity contribution >= 4 is 34.8 Å². The van der Waals surface area contributed by atoms with Gasteiger partial charge in [0.05, 0.1) is 11.1 Å². The number of pyridine rings is 1. The van der Waals surface area contributed by atoms with Gasteiger partial charge in [0, 0.05) is 11.1 Å². The third kappa shape index (κ3) is 3.80. The highest BCUT2D eigenvalue weighted by Crippen LogP contribution is 2.48. The van der Waals surface area contributed by atoms with Gasteiger partial charge in [0.15, 0.2) is 0 Å². The Morgan fingerprint density at radius 2 is 1.62 bits per heavy atom. The fourth-order valence-corrected chi connectivity index (χ4v) is 4.68. The standard InChI is InChI=1S/C27H20ClF2N3O/c1-27(15-16-11-20(29)14-21(30)12-16)22-13-18(17-5-8-19(28)9-6-17)7-10-23(22)33(26(27)34)25-4-2-3-24(31)32-25/h2-14H,15H2,1H3,(H2,31,32). The predicted octanol–water partition coefficient (Wildman–Crippen LogP) is 6.44. The van der Waals surface area contributed by atoms with Crippen LogP contribution in [0.1, 0.15) is 18.1 Å². The number of nitrogens with zero attached hydrogens (tertiary/aromatic N) is 2. The molecule has 0 radical (unpaired) electrons. The molecule has 1 unspecified atom stereocenters. The molecule has 1 aliphatic heterocycles. The molecule has 1 aliphatic rings. The quantitative estimate of drug-likeness (QED) is 0.369. The smallest absolute Gasteiger partial charge is 0.243 e. The van der Waals surface area contributed by atoms with E-state index < -0.39 is 17.0 Å². The average molecular weight is 476 g/mol. The van der Waals surface area contributed by atoms with Gasteiger partial charge in [-0.25, -0.2) is 13.8 Å². The number of carbonyl (C=O) groups excluding carboxylic acids is 1. The number of benzene rings is 3. The van der Waals surface area contributed by atoms with Crippen molar-refractivity contribution in [3.63, 3.8) is 0 Å². The summed E-state index contributed by atoms with van der Waals surface area (Å²) in [6.45, 7) is 1.79. The molecule has 0 saturated heterocycles. The molecule has 4 nitrogen and oxygen atoms in total. The normalized spacial score (nSPS) is 17.2. The Kier molecular flexibility index (Phi) is 5.33. The number of aromatic nitrogens is 1. The van der Waals surface area contributed by atoms with Crippen LogP contribution in [0.5, 0.6) is 0 Å². The summed E-state index contributed by atoms with van der Waals surface area (Å²) in [6, 6.07) is 21.5. The first-order chi connectivity index (χ1) is 16.2. The van der Waals surface area contributed by atoms with Crippen LogP contribution in [0.25, 0.3) is 11.1 Å². The largest absolute Gasteiger partial charge is 0.384 e. The van der Waals surface area contributed by atoms with Crippen LogP contribution in [0.15, 0.2) is 78.9 Å². The van der Waals surface area contributed by atoms with Crippen LogP contribution in [-0.4, -0.2) is 10.9 Å². The molecule has 170 valence electrons. The van der Waals surface area contributed by atoms with E-state index in [1.54, 1.807) is 37.3 Å². The summed E-state index contributed by atoms with van der Waals surface area (Å²) >= 11 is 6.04. The SMILES string of the molecule is CC1(Cc2cc(F)cc(F)c2)C(=O)N(c2cccc(N)n2)c2ccc(-c3ccc(Cl)cc3)cc21. The first-order valence-electron chi connectivity index (χ1n) is 10.7. The highest BCUT2D eigenvalue weighted by Gasteiger charge is 2.48. The van der Waals surface area contributed by atoms with Crippen LogP contribution >= 0.6 is 11.6 Å². The summed E-state index contributed by atoms with van der Waals surface area (Å²) in [5.41, 5.74) is 8.39. The lowest BCUT2D eigenvalue weighted by molar-refractivity contribution is -0.122. The molecule has 2 N–H and O–H groups in total. The number of rotatable bonds is 4. The number of nitrogen functional groups attached to an aromatic ring is 1. The predicted molar refractivity (Wildman–Crippen MR) is 130 cm³/mol. The fourth-order valence-electron chi connectivity index (χ4n) is 4.55. The van der Waals surface area contributed by atoms with Crippen molar-refractivity contribution in [2.75, 3.05) is 10.6 Å². The average Bonchev–Trinajstić information content (AvgIpc) is 3.00. The molecule has 34 heavy (non-hydrogen) atoms. The van der Waals surface area contributed by atoms with Crippen molar-refractivity contribution in [2.24, 2.45) is 0 Å². The molecular formula is C27H20ClF2N3O. The van der Waals surface area contributed by atoms with Crippen LogP contribution < -0.4 is 10.6 Å². The highest BCUT2D eigenvalue weighted by atomic mass is 35.5. The van der Waals surface area contributed by atoms with Gasteiger partial charge in [-0.3, -0.25) is 9.69 Å². The minimum absolute atomic E-state index is 0.108. The first-order valence-corrected chi connectivity index (χ1v) is 11.0. The van der Waals surface area contributed by atoms with Crippen LogP contribution in [-0.2, 0) is 16.6 Å². The van der Waals surface area contributed by atoms with Crippen LogP contribution in [0.2, 0.25) is 5.02 Å². The van der Waals surface area contributed by atoms with E-state index >= 15 is 0 Å². The van der Waals surface area contributed by atoms with Crippen LogP contribution in [0.4, 0.5) is 26.1 Å². The lowest BCUT2D eigenvalue weighted by atomic mass is 9.77. The van der Waals surface area contributed by atoms with Crippen molar-refractivity contribution in [1.82, 2.24) is 4.98 Å². The molecule has 3 aromatic carbocycles. The van der Waals surface area contributed by atoms with E-state index in [9.17, 15) is 13.6 Å². The Labute approximate surface area is 200 Å². The molecule has 0 saturated carbocycles. The zero-order valence-corrected chi connectivity index (χ0v) is 19.0. The minimum atomic E-state index is -1.09. The molecular weight excluding hydrogens is 456 g/mol. The molecule has 4 aromatic rings. The summed E-state index contributed by atoms with van der Waals surface area (Å²) < 4.78 is 27.9. The molecule has 0 fully saturated rings. The van der Waals surface area contributed by atoms with Gasteiger partial charge in [-0.15, -0.1) is 0 Å². The summed E-state index contributed by atoms with van der Waals surface area (Å²) in [5.74, 6) is -0.953. The van der Waals surface area contributed by atoms with Crippen molar-refractivity contribution in [2.45, 2.75) is 18.8 Å². The zero-order valence-electron chi connectivity index (χ0n) is 18.2. The van der Waals surface area contributed by atoms with Gasteiger partial charge in [0.1, 0.15) is 23.3 Å². The molecule has 0 bridgehead atoms. The van der Waals surface area contributed by atoms with Gasteiger partial charge >= 0.3 is 0 Å². The molecule has 2 heterocycles. The van der Waals surface area contributed by atoms with E-state index in [0.29, 0.717) is 22.1 Å². The van der Waals surface area contributed by atoms with Gasteiger partial charge in [-0.1, -0.05) is 35.9 Å². The molecule has 7 heteroatoms. The molecule has 0 spiro atoms. The van der Waals surface area contributed by atoms with E-state index in [1.165, 1.54) is 17.0 Å². The maximum atomic E-state index is 14.0. The monoisotopic (exact) mass is 475 g/mol. The van der Waals surface area contributed by atoms with Crippen molar-refractivity contribution in [3.8, 4) is 11.1 Å². The topological polar surface area (TPSA) is 59.2 Å². The summed E-state index contributed by atoms with van der Waals surface area (Å²) in [6.07, 6.45) is 0.108.